The van der Waals surface area contributed by atoms with Crippen molar-refractivity contribution in [2.75, 3.05) is 7.11 Å². The van der Waals surface area contributed by atoms with Gasteiger partial charge in [-0.2, -0.15) is 0 Å². The van der Waals surface area contributed by atoms with Gasteiger partial charge < -0.3 is 4.74 Å². The normalized spacial score (nSPS) is 11.8. The zero-order valence-electron chi connectivity index (χ0n) is 14.5. The Bertz CT molecular complexity index is 847. The highest BCUT2D eigenvalue weighted by atomic mass is 19.1. The summed E-state index contributed by atoms with van der Waals surface area (Å²) in [5, 5.41) is 0. The first kappa shape index (κ1) is 17.0. The van der Waals surface area contributed by atoms with Gasteiger partial charge in [0.1, 0.15) is 11.6 Å². The van der Waals surface area contributed by atoms with E-state index in [-0.39, 0.29) is 5.82 Å². The third-order valence-electron chi connectivity index (χ3n) is 4.29. The molecule has 3 aromatic carbocycles. The van der Waals surface area contributed by atoms with E-state index < -0.39 is 0 Å². The van der Waals surface area contributed by atoms with Crippen LogP contribution in [-0.4, -0.2) is 7.11 Å². The topological polar surface area (TPSA) is 9.23 Å². The average Bonchev–Trinajstić information content (AvgIpc) is 2.68. The Morgan fingerprint density at radius 1 is 0.760 bits per heavy atom. The molecule has 0 aliphatic rings. The molecule has 3 rings (SSSR count). The fourth-order valence-corrected chi connectivity index (χ4v) is 3.05. The van der Waals surface area contributed by atoms with Crippen LogP contribution in [0.4, 0.5) is 4.39 Å². The molecule has 3 aromatic rings. The van der Waals surface area contributed by atoms with Crippen LogP contribution in [0.25, 0.3) is 11.1 Å². The first-order valence-electron chi connectivity index (χ1n) is 8.42. The Hall–Kier alpha value is -2.87. The van der Waals surface area contributed by atoms with Crippen LogP contribution in [-0.2, 0) is 0 Å². The molecular weight excluding hydrogens is 311 g/mol. The minimum Gasteiger partial charge on any atom is -0.497 e. The van der Waals surface area contributed by atoms with E-state index in [0.717, 1.165) is 28.9 Å². The summed E-state index contributed by atoms with van der Waals surface area (Å²) in [4.78, 5) is 0. The van der Waals surface area contributed by atoms with Crippen LogP contribution in [0, 0.1) is 5.82 Å². The summed E-state index contributed by atoms with van der Waals surface area (Å²) < 4.78 is 18.7. The van der Waals surface area contributed by atoms with Gasteiger partial charge >= 0.3 is 0 Å². The van der Waals surface area contributed by atoms with Crippen molar-refractivity contribution < 1.29 is 9.13 Å². The summed E-state index contributed by atoms with van der Waals surface area (Å²) in [6.07, 6.45) is 0.878. The fraction of sp³-hybridized carbons (Fsp3) is 0.130. The van der Waals surface area contributed by atoms with Crippen LogP contribution < -0.4 is 4.74 Å². The lowest BCUT2D eigenvalue weighted by atomic mass is 9.88. The maximum absolute atomic E-state index is 13.4. The van der Waals surface area contributed by atoms with Gasteiger partial charge in [0.15, 0.2) is 0 Å². The molecule has 0 fully saturated rings. The molecule has 2 heteroatoms. The maximum atomic E-state index is 13.4. The Labute approximate surface area is 148 Å². The molecule has 0 aromatic heterocycles. The van der Waals surface area contributed by atoms with Crippen LogP contribution in [0.2, 0.25) is 0 Å². The molecule has 1 nitrogen and oxygen atoms in total. The molecule has 0 unspecified atom stereocenters. The number of methoxy groups -OCH3 is 1. The van der Waals surface area contributed by atoms with Gasteiger partial charge in [0.2, 0.25) is 0 Å². The van der Waals surface area contributed by atoms with Crippen LogP contribution in [0.1, 0.15) is 30.0 Å². The number of hydrogen-bond donors (Lipinski definition) is 0. The van der Waals surface area contributed by atoms with Gasteiger partial charge in [0.05, 0.1) is 7.11 Å². The third-order valence-corrected chi connectivity index (χ3v) is 4.29. The molecular formula is C23H21FO. The number of ether oxygens (including phenoxy) is 1. The van der Waals surface area contributed by atoms with E-state index in [1.165, 1.54) is 23.3 Å². The number of rotatable bonds is 5. The van der Waals surface area contributed by atoms with E-state index in [1.54, 1.807) is 7.11 Å². The molecule has 25 heavy (non-hydrogen) atoms. The molecule has 0 radical (unpaired) electrons. The predicted molar refractivity (Wildman–Crippen MR) is 102 cm³/mol. The van der Waals surface area contributed by atoms with E-state index in [2.05, 4.69) is 31.2 Å². The molecule has 0 amide bonds. The van der Waals surface area contributed by atoms with Crippen LogP contribution in [0.3, 0.4) is 0 Å². The van der Waals surface area contributed by atoms with Crippen molar-refractivity contribution >= 4 is 11.1 Å². The lowest BCUT2D eigenvalue weighted by Gasteiger charge is -2.16. The molecule has 0 aliphatic heterocycles. The lowest BCUT2D eigenvalue weighted by Crippen LogP contribution is -1.95. The molecule has 0 aliphatic carbocycles. The second-order valence-corrected chi connectivity index (χ2v) is 5.81. The van der Waals surface area contributed by atoms with Gasteiger partial charge in [-0.15, -0.1) is 0 Å². The zero-order valence-corrected chi connectivity index (χ0v) is 14.5. The summed E-state index contributed by atoms with van der Waals surface area (Å²) in [6, 6.07) is 25.1. The van der Waals surface area contributed by atoms with Crippen molar-refractivity contribution in [3.8, 4) is 5.75 Å². The largest absolute Gasteiger partial charge is 0.497 e. The van der Waals surface area contributed by atoms with Gasteiger partial charge in [-0.1, -0.05) is 61.5 Å². The summed E-state index contributed by atoms with van der Waals surface area (Å²) in [6.45, 7) is 2.15. The monoisotopic (exact) mass is 332 g/mol. The van der Waals surface area contributed by atoms with Gasteiger partial charge in [0.25, 0.3) is 0 Å². The second-order valence-electron chi connectivity index (χ2n) is 5.81. The van der Waals surface area contributed by atoms with Crippen LogP contribution >= 0.6 is 0 Å². The quantitative estimate of drug-likeness (QED) is 0.505. The third kappa shape index (κ3) is 3.80. The minimum atomic E-state index is -0.226. The minimum absolute atomic E-state index is 0.226. The van der Waals surface area contributed by atoms with Crippen LogP contribution in [0.15, 0.2) is 78.9 Å². The van der Waals surface area contributed by atoms with Crippen LogP contribution in [0.5, 0.6) is 5.75 Å². The van der Waals surface area contributed by atoms with Gasteiger partial charge in [-0.05, 0) is 58.5 Å². The highest BCUT2D eigenvalue weighted by Crippen LogP contribution is 2.35. The van der Waals surface area contributed by atoms with Crippen molar-refractivity contribution in [1.82, 2.24) is 0 Å². The predicted octanol–water partition coefficient (Wildman–Crippen LogP) is 6.20. The van der Waals surface area contributed by atoms with E-state index in [0.29, 0.717) is 0 Å². The van der Waals surface area contributed by atoms with E-state index in [1.807, 2.05) is 42.5 Å². The zero-order chi connectivity index (χ0) is 17.6. The van der Waals surface area contributed by atoms with Gasteiger partial charge in [-0.3, -0.25) is 0 Å². The maximum Gasteiger partial charge on any atom is 0.123 e. The fourth-order valence-electron chi connectivity index (χ4n) is 3.05. The number of hydrogen-bond acceptors (Lipinski definition) is 1. The Kier molecular flexibility index (Phi) is 5.30. The van der Waals surface area contributed by atoms with Crippen molar-refractivity contribution in [3.63, 3.8) is 0 Å². The molecule has 0 N–H and O–H groups in total. The molecule has 0 saturated heterocycles. The Morgan fingerprint density at radius 2 is 1.32 bits per heavy atom. The average molecular weight is 332 g/mol. The van der Waals surface area contributed by atoms with Gasteiger partial charge in [-0.25, -0.2) is 4.39 Å². The standard InChI is InChI=1S/C23H21FO/c1-3-22(17-7-5-4-6-8-17)23(18-9-13-20(24)14-10-18)19-11-15-21(25-2)16-12-19/h4-16H,3H2,1-2H3/b23-22+. The number of halogens is 1. The molecule has 126 valence electrons. The lowest BCUT2D eigenvalue weighted by molar-refractivity contribution is 0.415. The highest BCUT2D eigenvalue weighted by molar-refractivity contribution is 5.98. The molecule has 0 heterocycles. The van der Waals surface area contributed by atoms with E-state index >= 15 is 0 Å². The van der Waals surface area contributed by atoms with Crippen molar-refractivity contribution in [2.24, 2.45) is 0 Å². The van der Waals surface area contributed by atoms with Crippen molar-refractivity contribution in [2.45, 2.75) is 13.3 Å². The Balaban J connectivity index is 2.23. The summed E-state index contributed by atoms with van der Waals surface area (Å²) in [5.74, 6) is 0.593. The second kappa shape index (κ2) is 7.80. The number of benzene rings is 3. The number of allylic oxidation sites excluding steroid dienone is 1. The van der Waals surface area contributed by atoms with Crippen molar-refractivity contribution in [3.05, 3.63) is 101 Å². The first-order valence-corrected chi connectivity index (χ1v) is 8.42. The first-order chi connectivity index (χ1) is 12.2. The van der Waals surface area contributed by atoms with E-state index in [4.69, 9.17) is 4.74 Å². The Morgan fingerprint density at radius 3 is 1.84 bits per heavy atom. The van der Waals surface area contributed by atoms with E-state index in [9.17, 15) is 4.39 Å². The summed E-state index contributed by atoms with van der Waals surface area (Å²) >= 11 is 0. The molecule has 0 saturated carbocycles. The van der Waals surface area contributed by atoms with Crippen molar-refractivity contribution in [1.29, 1.82) is 0 Å². The molecule has 0 bridgehead atoms. The molecule has 0 atom stereocenters. The smallest absolute Gasteiger partial charge is 0.123 e. The summed E-state index contributed by atoms with van der Waals surface area (Å²) in [7, 11) is 1.66. The highest BCUT2D eigenvalue weighted by Gasteiger charge is 2.13. The summed E-state index contributed by atoms with van der Waals surface area (Å²) in [5.41, 5.74) is 5.63. The van der Waals surface area contributed by atoms with Gasteiger partial charge in [0, 0.05) is 0 Å². The SMILES string of the molecule is CC/C(=C(/c1ccc(F)cc1)c1ccc(OC)cc1)c1ccccc1. The molecule has 0 spiro atoms.